The van der Waals surface area contributed by atoms with Crippen molar-refractivity contribution in [2.45, 2.75) is 25.3 Å². The summed E-state index contributed by atoms with van der Waals surface area (Å²) in [7, 11) is 1.75. The molecule has 2 aliphatic rings. The molecule has 2 heterocycles. The van der Waals surface area contributed by atoms with Gasteiger partial charge < -0.3 is 15.5 Å². The van der Waals surface area contributed by atoms with Crippen molar-refractivity contribution in [2.24, 2.45) is 11.7 Å². The van der Waals surface area contributed by atoms with Gasteiger partial charge in [-0.05, 0) is 12.8 Å². The third-order valence-corrected chi connectivity index (χ3v) is 3.62. The van der Waals surface area contributed by atoms with E-state index >= 15 is 0 Å². The third kappa shape index (κ3) is 2.72. The summed E-state index contributed by atoms with van der Waals surface area (Å²) in [6, 6.07) is 0.188. The van der Waals surface area contributed by atoms with E-state index in [1.54, 1.807) is 11.9 Å². The van der Waals surface area contributed by atoms with E-state index in [4.69, 9.17) is 5.73 Å². The van der Waals surface area contributed by atoms with Gasteiger partial charge in [0.2, 0.25) is 11.8 Å². The predicted octanol–water partition coefficient (Wildman–Crippen LogP) is -0.164. The van der Waals surface area contributed by atoms with Crippen LogP contribution in [0.5, 0.6) is 0 Å². The van der Waals surface area contributed by atoms with Crippen molar-refractivity contribution >= 4 is 24.2 Å². The molecule has 2 aliphatic heterocycles. The quantitative estimate of drug-likeness (QED) is 0.751. The number of hydrogen-bond acceptors (Lipinski definition) is 3. The van der Waals surface area contributed by atoms with E-state index in [2.05, 4.69) is 0 Å². The van der Waals surface area contributed by atoms with Crippen LogP contribution in [-0.4, -0.2) is 54.3 Å². The van der Waals surface area contributed by atoms with Crippen LogP contribution in [0.3, 0.4) is 0 Å². The van der Waals surface area contributed by atoms with Gasteiger partial charge in [-0.3, -0.25) is 9.59 Å². The van der Waals surface area contributed by atoms with Crippen molar-refractivity contribution in [3.63, 3.8) is 0 Å². The standard InChI is InChI=1S/C11H19N3O2.ClH/c1-13-7-8(5-10(13)15)11(16)14-4-2-3-9(14)6-12;/h8-9H,2-7,12H2,1H3;1H. The molecule has 2 saturated heterocycles. The molecule has 98 valence electrons. The molecule has 0 aromatic rings. The summed E-state index contributed by atoms with van der Waals surface area (Å²) in [5, 5.41) is 0. The second-order valence-corrected chi connectivity index (χ2v) is 4.74. The normalized spacial score (nSPS) is 28.5. The fourth-order valence-electron chi connectivity index (χ4n) is 2.63. The molecule has 0 aromatic heterocycles. The molecule has 0 radical (unpaired) electrons. The SMILES string of the molecule is CN1CC(C(=O)N2CCCC2CN)CC1=O.Cl. The summed E-state index contributed by atoms with van der Waals surface area (Å²) in [6.07, 6.45) is 2.39. The second kappa shape index (κ2) is 5.69. The lowest BCUT2D eigenvalue weighted by atomic mass is 10.1. The van der Waals surface area contributed by atoms with Gasteiger partial charge in [0, 0.05) is 39.1 Å². The lowest BCUT2D eigenvalue weighted by Crippen LogP contribution is -2.43. The lowest BCUT2D eigenvalue weighted by Gasteiger charge is -2.26. The van der Waals surface area contributed by atoms with E-state index in [-0.39, 0.29) is 36.2 Å². The third-order valence-electron chi connectivity index (χ3n) is 3.62. The highest BCUT2D eigenvalue weighted by Crippen LogP contribution is 2.24. The van der Waals surface area contributed by atoms with Gasteiger partial charge in [-0.1, -0.05) is 0 Å². The fraction of sp³-hybridized carbons (Fsp3) is 0.818. The molecule has 0 spiro atoms. The molecule has 2 rings (SSSR count). The Hall–Kier alpha value is -0.810. The minimum atomic E-state index is -0.148. The molecule has 17 heavy (non-hydrogen) atoms. The van der Waals surface area contributed by atoms with Gasteiger partial charge in [-0.2, -0.15) is 0 Å². The first-order valence-corrected chi connectivity index (χ1v) is 5.88. The maximum Gasteiger partial charge on any atom is 0.228 e. The molecule has 5 nitrogen and oxygen atoms in total. The van der Waals surface area contributed by atoms with Gasteiger partial charge in [0.15, 0.2) is 0 Å². The van der Waals surface area contributed by atoms with Crippen molar-refractivity contribution in [3.05, 3.63) is 0 Å². The molecule has 2 amide bonds. The number of amides is 2. The summed E-state index contributed by atoms with van der Waals surface area (Å²) < 4.78 is 0. The van der Waals surface area contributed by atoms with Gasteiger partial charge in [-0.25, -0.2) is 0 Å². The zero-order valence-corrected chi connectivity index (χ0v) is 10.9. The number of carbonyl (C=O) groups is 2. The Balaban J connectivity index is 0.00000144. The average Bonchev–Trinajstić information content (AvgIpc) is 2.85. The average molecular weight is 262 g/mol. The number of nitrogens with two attached hydrogens (primary N) is 1. The van der Waals surface area contributed by atoms with E-state index in [0.29, 0.717) is 19.5 Å². The molecule has 0 aromatic carbocycles. The monoisotopic (exact) mass is 261 g/mol. The second-order valence-electron chi connectivity index (χ2n) is 4.74. The maximum atomic E-state index is 12.2. The molecule has 6 heteroatoms. The summed E-state index contributed by atoms with van der Waals surface area (Å²) in [5.41, 5.74) is 5.64. The summed E-state index contributed by atoms with van der Waals surface area (Å²) in [6.45, 7) is 1.89. The summed E-state index contributed by atoms with van der Waals surface area (Å²) in [4.78, 5) is 27.1. The van der Waals surface area contributed by atoms with E-state index < -0.39 is 0 Å². The topological polar surface area (TPSA) is 66.6 Å². The maximum absolute atomic E-state index is 12.2. The molecule has 2 atom stereocenters. The molecular formula is C11H20ClN3O2. The van der Waals surface area contributed by atoms with Crippen LogP contribution in [0.25, 0.3) is 0 Å². The van der Waals surface area contributed by atoms with E-state index in [1.165, 1.54) is 0 Å². The van der Waals surface area contributed by atoms with E-state index in [9.17, 15) is 9.59 Å². The first-order chi connectivity index (χ1) is 7.63. The summed E-state index contributed by atoms with van der Waals surface area (Å²) >= 11 is 0. The number of halogens is 1. The molecule has 0 saturated carbocycles. The Morgan fingerprint density at radius 3 is 2.76 bits per heavy atom. The van der Waals surface area contributed by atoms with Crippen LogP contribution in [0.2, 0.25) is 0 Å². The molecule has 0 aliphatic carbocycles. The molecule has 2 fully saturated rings. The van der Waals surface area contributed by atoms with Crippen molar-refractivity contribution in [3.8, 4) is 0 Å². The number of nitrogens with zero attached hydrogens (tertiary/aromatic N) is 2. The fourth-order valence-corrected chi connectivity index (χ4v) is 2.63. The lowest BCUT2D eigenvalue weighted by molar-refractivity contribution is -0.136. The first kappa shape index (κ1) is 14.3. The van der Waals surface area contributed by atoms with Crippen molar-refractivity contribution in [2.75, 3.05) is 26.7 Å². The highest BCUT2D eigenvalue weighted by atomic mass is 35.5. The van der Waals surface area contributed by atoms with Crippen molar-refractivity contribution in [1.29, 1.82) is 0 Å². The zero-order chi connectivity index (χ0) is 11.7. The largest absolute Gasteiger partial charge is 0.345 e. The minimum Gasteiger partial charge on any atom is -0.345 e. The number of carbonyl (C=O) groups excluding carboxylic acids is 2. The van der Waals surface area contributed by atoms with Crippen molar-refractivity contribution in [1.82, 2.24) is 9.80 Å². The molecule has 2 unspecified atom stereocenters. The van der Waals surface area contributed by atoms with Crippen LogP contribution in [-0.2, 0) is 9.59 Å². The Kier molecular flexibility index (Phi) is 4.77. The van der Waals surface area contributed by atoms with Crippen LogP contribution in [0.4, 0.5) is 0 Å². The number of hydrogen-bond donors (Lipinski definition) is 1. The Morgan fingerprint density at radius 2 is 2.24 bits per heavy atom. The number of rotatable bonds is 2. The Labute approximate surface area is 108 Å². The number of likely N-dealkylation sites (tertiary alicyclic amines) is 2. The summed E-state index contributed by atoms with van der Waals surface area (Å²) in [5.74, 6) is 0.0390. The van der Waals surface area contributed by atoms with Crippen LogP contribution in [0, 0.1) is 5.92 Å². The van der Waals surface area contributed by atoms with Gasteiger partial charge >= 0.3 is 0 Å². The van der Waals surface area contributed by atoms with Crippen LogP contribution < -0.4 is 5.73 Å². The molecule has 2 N–H and O–H groups in total. The van der Waals surface area contributed by atoms with Gasteiger partial charge in [0.1, 0.15) is 0 Å². The zero-order valence-electron chi connectivity index (χ0n) is 10.1. The first-order valence-electron chi connectivity index (χ1n) is 5.88. The van der Waals surface area contributed by atoms with Crippen LogP contribution >= 0.6 is 12.4 Å². The molecular weight excluding hydrogens is 242 g/mol. The van der Waals surface area contributed by atoms with Crippen LogP contribution in [0.1, 0.15) is 19.3 Å². The highest BCUT2D eigenvalue weighted by Gasteiger charge is 2.37. The van der Waals surface area contributed by atoms with Gasteiger partial charge in [0.25, 0.3) is 0 Å². The van der Waals surface area contributed by atoms with Crippen LogP contribution in [0.15, 0.2) is 0 Å². The Bertz CT molecular complexity index is 311. The smallest absolute Gasteiger partial charge is 0.228 e. The Morgan fingerprint density at radius 1 is 1.53 bits per heavy atom. The van der Waals surface area contributed by atoms with Crippen molar-refractivity contribution < 1.29 is 9.59 Å². The molecule has 0 bridgehead atoms. The predicted molar refractivity (Wildman–Crippen MR) is 66.8 cm³/mol. The van der Waals surface area contributed by atoms with Gasteiger partial charge in [-0.15, -0.1) is 12.4 Å². The minimum absolute atomic E-state index is 0. The van der Waals surface area contributed by atoms with Gasteiger partial charge in [0.05, 0.1) is 5.92 Å². The van der Waals surface area contributed by atoms with E-state index in [1.807, 2.05) is 4.90 Å². The van der Waals surface area contributed by atoms with E-state index in [0.717, 1.165) is 19.4 Å². The highest BCUT2D eigenvalue weighted by molar-refractivity contribution is 5.89.